The minimum Gasteiger partial charge on any atom is -0.396 e. The van der Waals surface area contributed by atoms with Crippen molar-refractivity contribution in [3.05, 3.63) is 0 Å². The third-order valence-corrected chi connectivity index (χ3v) is 3.28. The fourth-order valence-corrected chi connectivity index (χ4v) is 2.01. The standard InChI is InChI=1S/C14H29NO2/c1-4-6-10-13(5-2)14(17)15(3)11-8-7-9-12-16/h13,16H,4-12H2,1-3H3. The third kappa shape index (κ3) is 7.37. The Kier molecular flexibility index (Phi) is 10.2. The molecule has 0 radical (unpaired) electrons. The first kappa shape index (κ1) is 16.4. The van der Waals surface area contributed by atoms with E-state index in [1.165, 1.54) is 0 Å². The Bertz CT molecular complexity index is 195. The molecule has 3 heteroatoms. The summed E-state index contributed by atoms with van der Waals surface area (Å²) in [5, 5.41) is 8.68. The average Bonchev–Trinajstić information content (AvgIpc) is 2.35. The van der Waals surface area contributed by atoms with Crippen molar-refractivity contribution in [2.45, 2.75) is 58.8 Å². The van der Waals surface area contributed by atoms with Crippen LogP contribution < -0.4 is 0 Å². The lowest BCUT2D eigenvalue weighted by atomic mass is 9.98. The molecule has 1 unspecified atom stereocenters. The molecule has 0 fully saturated rings. The number of amides is 1. The maximum Gasteiger partial charge on any atom is 0.225 e. The molecule has 1 atom stereocenters. The van der Waals surface area contributed by atoms with E-state index < -0.39 is 0 Å². The van der Waals surface area contributed by atoms with Gasteiger partial charge in [-0.1, -0.05) is 26.7 Å². The summed E-state index contributed by atoms with van der Waals surface area (Å²) < 4.78 is 0. The van der Waals surface area contributed by atoms with Gasteiger partial charge in [-0.3, -0.25) is 4.79 Å². The molecular formula is C14H29NO2. The van der Waals surface area contributed by atoms with E-state index in [1.54, 1.807) is 0 Å². The Balaban J connectivity index is 3.90. The van der Waals surface area contributed by atoms with Gasteiger partial charge in [0.1, 0.15) is 0 Å². The van der Waals surface area contributed by atoms with Crippen LogP contribution in [0.15, 0.2) is 0 Å². The van der Waals surface area contributed by atoms with Gasteiger partial charge in [-0.2, -0.15) is 0 Å². The number of aliphatic hydroxyl groups excluding tert-OH is 1. The molecule has 1 N–H and O–H groups in total. The van der Waals surface area contributed by atoms with Gasteiger partial charge >= 0.3 is 0 Å². The lowest BCUT2D eigenvalue weighted by molar-refractivity contribution is -0.134. The number of hydrogen-bond donors (Lipinski definition) is 1. The Hall–Kier alpha value is -0.570. The van der Waals surface area contributed by atoms with Gasteiger partial charge in [0.15, 0.2) is 0 Å². The molecule has 0 aromatic heterocycles. The summed E-state index contributed by atoms with van der Waals surface area (Å²) in [6.07, 6.45) is 7.10. The van der Waals surface area contributed by atoms with E-state index in [0.717, 1.165) is 51.5 Å². The number of carbonyl (C=O) groups is 1. The Morgan fingerprint density at radius 2 is 1.88 bits per heavy atom. The van der Waals surface area contributed by atoms with Crippen molar-refractivity contribution in [3.63, 3.8) is 0 Å². The van der Waals surface area contributed by atoms with E-state index in [0.29, 0.717) is 5.91 Å². The molecule has 0 aliphatic rings. The highest BCUT2D eigenvalue weighted by atomic mass is 16.2. The molecule has 0 aromatic rings. The summed E-state index contributed by atoms with van der Waals surface area (Å²) in [6, 6.07) is 0. The van der Waals surface area contributed by atoms with E-state index >= 15 is 0 Å². The van der Waals surface area contributed by atoms with Crippen molar-refractivity contribution in [2.24, 2.45) is 5.92 Å². The fourth-order valence-electron chi connectivity index (χ4n) is 2.01. The highest BCUT2D eigenvalue weighted by Crippen LogP contribution is 2.15. The summed E-state index contributed by atoms with van der Waals surface area (Å²) in [5.41, 5.74) is 0. The Morgan fingerprint density at radius 1 is 1.18 bits per heavy atom. The largest absolute Gasteiger partial charge is 0.396 e. The molecule has 0 spiro atoms. The molecule has 0 bridgehead atoms. The van der Waals surface area contributed by atoms with Gasteiger partial charge in [-0.25, -0.2) is 0 Å². The summed E-state index contributed by atoms with van der Waals surface area (Å²) in [6.45, 7) is 5.33. The molecule has 0 saturated heterocycles. The number of nitrogens with zero attached hydrogens (tertiary/aromatic N) is 1. The van der Waals surface area contributed by atoms with Crippen LogP contribution in [0, 0.1) is 5.92 Å². The normalized spacial score (nSPS) is 12.5. The quantitative estimate of drug-likeness (QED) is 0.599. The monoisotopic (exact) mass is 243 g/mol. The summed E-state index contributed by atoms with van der Waals surface area (Å²) in [5.74, 6) is 0.503. The molecule has 1 amide bonds. The zero-order chi connectivity index (χ0) is 13.1. The van der Waals surface area contributed by atoms with Crippen LogP contribution in [-0.2, 0) is 4.79 Å². The third-order valence-electron chi connectivity index (χ3n) is 3.28. The molecule has 0 aliphatic carbocycles. The lowest BCUT2D eigenvalue weighted by Crippen LogP contribution is -2.33. The second kappa shape index (κ2) is 10.6. The van der Waals surface area contributed by atoms with Gasteiger partial charge in [0.25, 0.3) is 0 Å². The molecule has 17 heavy (non-hydrogen) atoms. The number of carbonyl (C=O) groups excluding carboxylic acids is 1. The molecule has 0 saturated carbocycles. The predicted molar refractivity (Wildman–Crippen MR) is 71.9 cm³/mol. The van der Waals surface area contributed by atoms with Crippen LogP contribution >= 0.6 is 0 Å². The molecule has 0 heterocycles. The van der Waals surface area contributed by atoms with Crippen molar-refractivity contribution in [1.82, 2.24) is 4.90 Å². The highest BCUT2D eigenvalue weighted by Gasteiger charge is 2.19. The second-order valence-electron chi connectivity index (χ2n) is 4.79. The van der Waals surface area contributed by atoms with E-state index in [9.17, 15) is 4.79 Å². The molecule has 0 aromatic carbocycles. The first-order valence-electron chi connectivity index (χ1n) is 7.03. The second-order valence-corrected chi connectivity index (χ2v) is 4.79. The fraction of sp³-hybridized carbons (Fsp3) is 0.929. The average molecular weight is 243 g/mol. The Morgan fingerprint density at radius 3 is 2.41 bits per heavy atom. The van der Waals surface area contributed by atoms with Crippen LogP contribution in [0.3, 0.4) is 0 Å². The smallest absolute Gasteiger partial charge is 0.225 e. The van der Waals surface area contributed by atoms with Crippen LogP contribution in [0.2, 0.25) is 0 Å². The minimum absolute atomic E-state index is 0.206. The number of rotatable bonds is 10. The van der Waals surface area contributed by atoms with Crippen molar-refractivity contribution >= 4 is 5.91 Å². The lowest BCUT2D eigenvalue weighted by Gasteiger charge is -2.23. The molecule has 102 valence electrons. The maximum atomic E-state index is 12.1. The maximum absolute atomic E-state index is 12.1. The summed E-state index contributed by atoms with van der Waals surface area (Å²) in [4.78, 5) is 14.0. The zero-order valence-electron chi connectivity index (χ0n) is 11.7. The van der Waals surface area contributed by atoms with Crippen LogP contribution in [0.5, 0.6) is 0 Å². The summed E-state index contributed by atoms with van der Waals surface area (Å²) >= 11 is 0. The molecule has 0 aliphatic heterocycles. The van der Waals surface area contributed by atoms with Crippen LogP contribution in [0.1, 0.15) is 58.8 Å². The van der Waals surface area contributed by atoms with Gasteiger partial charge in [-0.05, 0) is 32.1 Å². The van der Waals surface area contributed by atoms with Gasteiger partial charge in [0.05, 0.1) is 0 Å². The van der Waals surface area contributed by atoms with Crippen LogP contribution in [0.4, 0.5) is 0 Å². The minimum atomic E-state index is 0.206. The first-order chi connectivity index (χ1) is 8.17. The van der Waals surface area contributed by atoms with Crippen LogP contribution in [0.25, 0.3) is 0 Å². The van der Waals surface area contributed by atoms with E-state index in [-0.39, 0.29) is 12.5 Å². The van der Waals surface area contributed by atoms with Gasteiger partial charge in [0.2, 0.25) is 5.91 Å². The van der Waals surface area contributed by atoms with Crippen molar-refractivity contribution in [3.8, 4) is 0 Å². The molecular weight excluding hydrogens is 214 g/mol. The van der Waals surface area contributed by atoms with E-state index in [4.69, 9.17) is 5.11 Å². The predicted octanol–water partition coefficient (Wildman–Crippen LogP) is 2.82. The van der Waals surface area contributed by atoms with Gasteiger partial charge < -0.3 is 10.0 Å². The van der Waals surface area contributed by atoms with Gasteiger partial charge in [0, 0.05) is 26.1 Å². The van der Waals surface area contributed by atoms with Crippen molar-refractivity contribution in [2.75, 3.05) is 20.2 Å². The van der Waals surface area contributed by atoms with Crippen LogP contribution in [-0.4, -0.2) is 36.1 Å². The zero-order valence-corrected chi connectivity index (χ0v) is 11.7. The Labute approximate surface area is 106 Å². The topological polar surface area (TPSA) is 40.5 Å². The highest BCUT2D eigenvalue weighted by molar-refractivity contribution is 5.78. The molecule has 0 rings (SSSR count). The van der Waals surface area contributed by atoms with E-state index in [2.05, 4.69) is 13.8 Å². The van der Waals surface area contributed by atoms with E-state index in [1.807, 2.05) is 11.9 Å². The van der Waals surface area contributed by atoms with Crippen molar-refractivity contribution in [1.29, 1.82) is 0 Å². The molecule has 3 nitrogen and oxygen atoms in total. The number of hydrogen-bond acceptors (Lipinski definition) is 2. The number of aliphatic hydroxyl groups is 1. The van der Waals surface area contributed by atoms with Gasteiger partial charge in [-0.15, -0.1) is 0 Å². The first-order valence-corrected chi connectivity index (χ1v) is 7.03. The van der Waals surface area contributed by atoms with Crippen molar-refractivity contribution < 1.29 is 9.90 Å². The SMILES string of the molecule is CCCCC(CC)C(=O)N(C)CCCCCO. The summed E-state index contributed by atoms with van der Waals surface area (Å²) in [7, 11) is 1.90. The number of unbranched alkanes of at least 4 members (excludes halogenated alkanes) is 3.